The number of fused-ring (bicyclic) bond motifs is 1. The van der Waals surface area contributed by atoms with E-state index in [0.717, 1.165) is 18.0 Å². The summed E-state index contributed by atoms with van der Waals surface area (Å²) in [5.74, 6) is 1.71. The van der Waals surface area contributed by atoms with Gasteiger partial charge >= 0.3 is 0 Å². The normalized spacial score (nSPS) is 16.9. The lowest BCUT2D eigenvalue weighted by molar-refractivity contribution is -0.712. The predicted molar refractivity (Wildman–Crippen MR) is 87.3 cm³/mol. The van der Waals surface area contributed by atoms with Gasteiger partial charge in [-0.05, 0) is 30.5 Å². The molecule has 0 heterocycles. The number of nitrogens with two attached hydrogens (primary N) is 1. The highest BCUT2D eigenvalue weighted by Gasteiger charge is 2.22. The van der Waals surface area contributed by atoms with Crippen molar-refractivity contribution in [1.29, 1.82) is 0 Å². The van der Waals surface area contributed by atoms with Gasteiger partial charge in [-0.3, -0.25) is 0 Å². The van der Waals surface area contributed by atoms with Crippen molar-refractivity contribution in [1.82, 2.24) is 0 Å². The van der Waals surface area contributed by atoms with Crippen LogP contribution in [0.1, 0.15) is 35.6 Å². The van der Waals surface area contributed by atoms with Crippen molar-refractivity contribution in [3.63, 3.8) is 0 Å². The van der Waals surface area contributed by atoms with Crippen molar-refractivity contribution in [2.75, 3.05) is 14.2 Å². The predicted octanol–water partition coefficient (Wildman–Crippen LogP) is 2.84. The first-order valence-electron chi connectivity index (χ1n) is 7.93. The zero-order valence-electron chi connectivity index (χ0n) is 13.3. The number of rotatable bonds is 5. The molecule has 1 aliphatic carbocycles. The molecule has 0 unspecified atom stereocenters. The molecule has 0 saturated heterocycles. The minimum absolute atomic E-state index is 0.558. The quantitative estimate of drug-likeness (QED) is 0.921. The number of aryl methyl sites for hydroxylation is 1. The maximum atomic E-state index is 5.35. The highest BCUT2D eigenvalue weighted by atomic mass is 16.5. The Morgan fingerprint density at radius 3 is 2.50 bits per heavy atom. The molecule has 0 radical (unpaired) electrons. The number of hydrogen-bond acceptors (Lipinski definition) is 2. The van der Waals surface area contributed by atoms with Crippen molar-refractivity contribution in [2.24, 2.45) is 0 Å². The lowest BCUT2D eigenvalue weighted by Crippen LogP contribution is -2.84. The summed E-state index contributed by atoms with van der Waals surface area (Å²) in [5.41, 5.74) is 4.25. The topological polar surface area (TPSA) is 35.1 Å². The van der Waals surface area contributed by atoms with Gasteiger partial charge in [-0.15, -0.1) is 0 Å². The molecule has 2 N–H and O–H groups in total. The maximum absolute atomic E-state index is 5.35. The van der Waals surface area contributed by atoms with Gasteiger partial charge in [-0.1, -0.05) is 24.3 Å². The van der Waals surface area contributed by atoms with Crippen LogP contribution in [-0.4, -0.2) is 14.2 Å². The lowest BCUT2D eigenvalue weighted by atomic mass is 9.87. The van der Waals surface area contributed by atoms with E-state index >= 15 is 0 Å². The van der Waals surface area contributed by atoms with Crippen LogP contribution >= 0.6 is 0 Å². The minimum Gasteiger partial charge on any atom is -0.497 e. The Kier molecular flexibility index (Phi) is 4.64. The molecule has 116 valence electrons. The van der Waals surface area contributed by atoms with Crippen molar-refractivity contribution in [3.05, 3.63) is 59.2 Å². The Morgan fingerprint density at radius 1 is 1.05 bits per heavy atom. The highest BCUT2D eigenvalue weighted by Crippen LogP contribution is 2.27. The van der Waals surface area contributed by atoms with E-state index in [4.69, 9.17) is 9.47 Å². The van der Waals surface area contributed by atoms with Gasteiger partial charge in [0.1, 0.15) is 24.1 Å². The fraction of sp³-hybridized carbons (Fsp3) is 0.368. The van der Waals surface area contributed by atoms with Crippen LogP contribution in [-0.2, 0) is 13.0 Å². The van der Waals surface area contributed by atoms with Gasteiger partial charge < -0.3 is 14.8 Å². The average molecular weight is 298 g/mol. The molecule has 0 amide bonds. The van der Waals surface area contributed by atoms with E-state index in [2.05, 4.69) is 41.7 Å². The lowest BCUT2D eigenvalue weighted by Gasteiger charge is -2.23. The molecule has 0 aromatic heterocycles. The Morgan fingerprint density at radius 2 is 1.77 bits per heavy atom. The smallest absolute Gasteiger partial charge is 0.123 e. The second-order valence-corrected chi connectivity index (χ2v) is 5.86. The number of methoxy groups -OCH3 is 2. The summed E-state index contributed by atoms with van der Waals surface area (Å²) in [6, 6.07) is 15.5. The Balaban J connectivity index is 1.73. The van der Waals surface area contributed by atoms with Gasteiger partial charge in [-0.2, -0.15) is 0 Å². The summed E-state index contributed by atoms with van der Waals surface area (Å²) in [6.07, 6.45) is 3.74. The maximum Gasteiger partial charge on any atom is 0.123 e. The van der Waals surface area contributed by atoms with E-state index in [1.165, 1.54) is 36.0 Å². The van der Waals surface area contributed by atoms with Crippen LogP contribution in [0.4, 0.5) is 0 Å². The van der Waals surface area contributed by atoms with Gasteiger partial charge in [0, 0.05) is 23.6 Å². The van der Waals surface area contributed by atoms with E-state index in [9.17, 15) is 0 Å². The fourth-order valence-electron chi connectivity index (χ4n) is 3.30. The van der Waals surface area contributed by atoms with Crippen LogP contribution in [0.2, 0.25) is 0 Å². The first-order chi connectivity index (χ1) is 10.8. The van der Waals surface area contributed by atoms with Gasteiger partial charge in [0.05, 0.1) is 14.2 Å². The molecule has 3 rings (SSSR count). The van der Waals surface area contributed by atoms with Crippen molar-refractivity contribution >= 4 is 0 Å². The summed E-state index contributed by atoms with van der Waals surface area (Å²) in [5, 5.41) is 2.44. The number of quaternary nitrogens is 1. The van der Waals surface area contributed by atoms with Gasteiger partial charge in [-0.25, -0.2) is 0 Å². The third kappa shape index (κ3) is 3.25. The van der Waals surface area contributed by atoms with Crippen LogP contribution in [0.5, 0.6) is 11.5 Å². The molecular weight excluding hydrogens is 274 g/mol. The van der Waals surface area contributed by atoms with Crippen LogP contribution in [0, 0.1) is 0 Å². The number of hydrogen-bond donors (Lipinski definition) is 1. The van der Waals surface area contributed by atoms with Gasteiger partial charge in [0.2, 0.25) is 0 Å². The molecule has 3 heteroatoms. The molecule has 1 atom stereocenters. The third-order valence-electron chi connectivity index (χ3n) is 4.47. The van der Waals surface area contributed by atoms with Gasteiger partial charge in [0.25, 0.3) is 0 Å². The van der Waals surface area contributed by atoms with Gasteiger partial charge in [0.15, 0.2) is 0 Å². The monoisotopic (exact) mass is 298 g/mol. The third-order valence-corrected chi connectivity index (χ3v) is 4.47. The number of ether oxygens (including phenoxy) is 2. The Bertz CT molecular complexity index is 617. The Hall–Kier alpha value is -2.00. The van der Waals surface area contributed by atoms with Crippen LogP contribution in [0.3, 0.4) is 0 Å². The summed E-state index contributed by atoms with van der Waals surface area (Å²) in [4.78, 5) is 0. The Labute approximate surface area is 132 Å². The van der Waals surface area contributed by atoms with Crippen molar-refractivity contribution < 1.29 is 14.8 Å². The molecular formula is C19H24NO2+. The number of benzene rings is 2. The summed E-state index contributed by atoms with van der Waals surface area (Å²) in [6.45, 7) is 0.937. The summed E-state index contributed by atoms with van der Waals surface area (Å²) < 4.78 is 10.7. The molecule has 22 heavy (non-hydrogen) atoms. The fourth-order valence-corrected chi connectivity index (χ4v) is 3.30. The summed E-state index contributed by atoms with van der Waals surface area (Å²) in [7, 11) is 3.39. The zero-order valence-corrected chi connectivity index (χ0v) is 13.3. The van der Waals surface area contributed by atoms with E-state index in [1.54, 1.807) is 14.2 Å². The van der Waals surface area contributed by atoms with Crippen LogP contribution < -0.4 is 14.8 Å². The van der Waals surface area contributed by atoms with Crippen molar-refractivity contribution in [3.8, 4) is 11.5 Å². The average Bonchev–Trinajstić information content (AvgIpc) is 2.59. The largest absolute Gasteiger partial charge is 0.497 e. The SMILES string of the molecule is COc1cc(C[NH2+][C@@H]2CCCc3ccccc32)cc(OC)c1. The molecule has 2 aromatic rings. The van der Waals surface area contributed by atoms with E-state index in [1.807, 2.05) is 6.07 Å². The molecule has 0 aliphatic heterocycles. The van der Waals surface area contributed by atoms with E-state index in [0.29, 0.717) is 6.04 Å². The first kappa shape index (κ1) is 14.9. The van der Waals surface area contributed by atoms with Crippen LogP contribution in [0.15, 0.2) is 42.5 Å². The minimum atomic E-state index is 0.558. The molecule has 0 fully saturated rings. The molecule has 1 aliphatic rings. The van der Waals surface area contributed by atoms with Crippen LogP contribution in [0.25, 0.3) is 0 Å². The molecule has 0 spiro atoms. The second kappa shape index (κ2) is 6.84. The second-order valence-electron chi connectivity index (χ2n) is 5.86. The molecule has 0 saturated carbocycles. The zero-order chi connectivity index (χ0) is 15.4. The molecule has 2 aromatic carbocycles. The van der Waals surface area contributed by atoms with Crippen molar-refractivity contribution in [2.45, 2.75) is 31.8 Å². The molecule has 0 bridgehead atoms. The van der Waals surface area contributed by atoms with E-state index < -0.39 is 0 Å². The highest BCUT2D eigenvalue weighted by molar-refractivity contribution is 5.38. The molecule has 3 nitrogen and oxygen atoms in total. The van der Waals surface area contributed by atoms with E-state index in [-0.39, 0.29) is 0 Å². The summed E-state index contributed by atoms with van der Waals surface area (Å²) >= 11 is 0. The standard InChI is InChI=1S/C19H23NO2/c1-21-16-10-14(11-17(12-16)22-2)13-20-19-9-5-7-15-6-3-4-8-18(15)19/h3-4,6,8,10-12,19-20H,5,7,9,13H2,1-2H3/p+1/t19-/m1/s1. The first-order valence-corrected chi connectivity index (χ1v) is 7.93.